The maximum Gasteiger partial charge on any atom is 0.250 e. The standard InChI is InChI=1S/C11H17N3O4S2/c15-9-6-12-4-8(9)5-13-10(16)7-14-20(17,18)11-2-1-3-19-11/h1-3,8-9,12,14-15H,4-7H2,(H,13,16). The Hall–Kier alpha value is -1.00. The summed E-state index contributed by atoms with van der Waals surface area (Å²) < 4.78 is 26.0. The lowest BCUT2D eigenvalue weighted by Crippen LogP contribution is -2.40. The topological polar surface area (TPSA) is 108 Å². The van der Waals surface area contributed by atoms with Crippen LogP contribution in [0.4, 0.5) is 0 Å². The summed E-state index contributed by atoms with van der Waals surface area (Å²) in [5.41, 5.74) is 0. The van der Waals surface area contributed by atoms with E-state index in [2.05, 4.69) is 15.4 Å². The lowest BCUT2D eigenvalue weighted by Gasteiger charge is -2.14. The second kappa shape index (κ2) is 6.64. The molecule has 1 amide bonds. The number of sulfonamides is 1. The Morgan fingerprint density at radius 3 is 2.90 bits per heavy atom. The maximum absolute atomic E-state index is 11.8. The molecule has 112 valence electrons. The zero-order valence-electron chi connectivity index (χ0n) is 10.7. The first kappa shape index (κ1) is 15.4. The molecular formula is C11H17N3O4S2. The van der Waals surface area contributed by atoms with Crippen molar-refractivity contribution in [3.05, 3.63) is 17.5 Å². The number of nitrogens with one attached hydrogen (secondary N) is 3. The van der Waals surface area contributed by atoms with Gasteiger partial charge in [0.2, 0.25) is 5.91 Å². The number of thiophene rings is 1. The molecule has 1 aliphatic rings. The number of aliphatic hydroxyl groups excluding tert-OH is 1. The van der Waals surface area contributed by atoms with Crippen LogP contribution in [0.25, 0.3) is 0 Å². The first-order chi connectivity index (χ1) is 9.49. The molecule has 1 aliphatic heterocycles. The minimum absolute atomic E-state index is 0.0344. The van der Waals surface area contributed by atoms with Crippen molar-refractivity contribution < 1.29 is 18.3 Å². The Kier molecular flexibility index (Phi) is 5.11. The van der Waals surface area contributed by atoms with Gasteiger partial charge in [0.1, 0.15) is 4.21 Å². The monoisotopic (exact) mass is 319 g/mol. The summed E-state index contributed by atoms with van der Waals surface area (Å²) in [6.07, 6.45) is -0.474. The smallest absolute Gasteiger partial charge is 0.250 e. The molecule has 1 aromatic heterocycles. The van der Waals surface area contributed by atoms with Gasteiger partial charge in [-0.05, 0) is 11.4 Å². The molecule has 0 radical (unpaired) electrons. The highest BCUT2D eigenvalue weighted by molar-refractivity contribution is 7.91. The predicted octanol–water partition coefficient (Wildman–Crippen LogP) is -1.28. The third kappa shape index (κ3) is 4.00. The minimum atomic E-state index is -3.61. The van der Waals surface area contributed by atoms with E-state index < -0.39 is 22.0 Å². The van der Waals surface area contributed by atoms with Crippen molar-refractivity contribution in [2.24, 2.45) is 5.92 Å². The maximum atomic E-state index is 11.8. The number of amides is 1. The lowest BCUT2D eigenvalue weighted by atomic mass is 10.1. The van der Waals surface area contributed by atoms with E-state index in [0.29, 0.717) is 19.6 Å². The van der Waals surface area contributed by atoms with Gasteiger partial charge in [0, 0.05) is 25.6 Å². The van der Waals surface area contributed by atoms with Crippen molar-refractivity contribution in [2.75, 3.05) is 26.2 Å². The Morgan fingerprint density at radius 1 is 1.50 bits per heavy atom. The molecule has 1 fully saturated rings. The molecular weight excluding hydrogens is 302 g/mol. The molecule has 2 heterocycles. The Balaban J connectivity index is 1.75. The van der Waals surface area contributed by atoms with Crippen LogP contribution in [0, 0.1) is 5.92 Å². The van der Waals surface area contributed by atoms with Gasteiger partial charge < -0.3 is 15.7 Å². The largest absolute Gasteiger partial charge is 0.391 e. The summed E-state index contributed by atoms with van der Waals surface area (Å²) in [4.78, 5) is 11.6. The van der Waals surface area contributed by atoms with E-state index in [0.717, 1.165) is 11.3 Å². The molecule has 2 atom stereocenters. The van der Waals surface area contributed by atoms with Crippen LogP contribution in [0.2, 0.25) is 0 Å². The van der Waals surface area contributed by atoms with E-state index in [1.807, 2.05) is 0 Å². The first-order valence-corrected chi connectivity index (χ1v) is 8.54. The van der Waals surface area contributed by atoms with Crippen molar-refractivity contribution in [2.45, 2.75) is 10.3 Å². The molecule has 7 nitrogen and oxygen atoms in total. The normalized spacial score (nSPS) is 22.9. The van der Waals surface area contributed by atoms with Crippen LogP contribution in [0.1, 0.15) is 0 Å². The van der Waals surface area contributed by atoms with Crippen LogP contribution in [0.3, 0.4) is 0 Å². The number of aliphatic hydroxyl groups is 1. The zero-order chi connectivity index (χ0) is 14.6. The molecule has 1 saturated heterocycles. The Labute approximate surface area is 121 Å². The van der Waals surface area contributed by atoms with Gasteiger partial charge >= 0.3 is 0 Å². The van der Waals surface area contributed by atoms with Crippen LogP contribution in [0.15, 0.2) is 21.7 Å². The molecule has 2 rings (SSSR count). The number of rotatable bonds is 6. The van der Waals surface area contributed by atoms with Gasteiger partial charge in [-0.1, -0.05) is 6.07 Å². The van der Waals surface area contributed by atoms with E-state index in [-0.39, 0.29) is 16.7 Å². The number of β-amino-alcohol motifs (C(OH)–C–C–N with tert-alkyl or cyclic N) is 1. The van der Waals surface area contributed by atoms with Crippen LogP contribution in [-0.2, 0) is 14.8 Å². The molecule has 0 saturated carbocycles. The van der Waals surface area contributed by atoms with Gasteiger partial charge in [0.15, 0.2) is 0 Å². The zero-order valence-corrected chi connectivity index (χ0v) is 12.3. The summed E-state index contributed by atoms with van der Waals surface area (Å²) in [5.74, 6) is -0.447. The fourth-order valence-electron chi connectivity index (χ4n) is 1.88. The molecule has 0 aliphatic carbocycles. The summed E-state index contributed by atoms with van der Waals surface area (Å²) in [6, 6.07) is 3.11. The second-order valence-electron chi connectivity index (χ2n) is 4.55. The van der Waals surface area contributed by atoms with Gasteiger partial charge in [-0.2, -0.15) is 0 Å². The number of carbonyl (C=O) groups is 1. The van der Waals surface area contributed by atoms with E-state index >= 15 is 0 Å². The van der Waals surface area contributed by atoms with E-state index in [1.165, 1.54) is 6.07 Å². The predicted molar refractivity (Wildman–Crippen MR) is 74.9 cm³/mol. The average molecular weight is 319 g/mol. The molecule has 20 heavy (non-hydrogen) atoms. The lowest BCUT2D eigenvalue weighted by molar-refractivity contribution is -0.120. The molecule has 0 spiro atoms. The van der Waals surface area contributed by atoms with Crippen molar-refractivity contribution >= 4 is 27.3 Å². The van der Waals surface area contributed by atoms with Gasteiger partial charge in [-0.15, -0.1) is 11.3 Å². The first-order valence-electron chi connectivity index (χ1n) is 6.17. The highest BCUT2D eigenvalue weighted by Crippen LogP contribution is 2.14. The third-order valence-electron chi connectivity index (χ3n) is 3.05. The number of carbonyl (C=O) groups excluding carboxylic acids is 1. The van der Waals surface area contributed by atoms with Crippen molar-refractivity contribution in [3.8, 4) is 0 Å². The SMILES string of the molecule is O=C(CNS(=O)(=O)c1cccs1)NCC1CNCC1O. The minimum Gasteiger partial charge on any atom is -0.391 e. The van der Waals surface area contributed by atoms with E-state index in [9.17, 15) is 18.3 Å². The molecule has 0 aromatic carbocycles. The van der Waals surface area contributed by atoms with Gasteiger partial charge in [-0.3, -0.25) is 4.79 Å². The van der Waals surface area contributed by atoms with Gasteiger partial charge in [0.25, 0.3) is 10.0 Å². The number of hydrogen-bond donors (Lipinski definition) is 4. The van der Waals surface area contributed by atoms with E-state index in [1.54, 1.807) is 11.4 Å². The highest BCUT2D eigenvalue weighted by Gasteiger charge is 2.25. The van der Waals surface area contributed by atoms with Crippen LogP contribution in [-0.4, -0.2) is 51.7 Å². The molecule has 0 bridgehead atoms. The Bertz CT molecular complexity index is 544. The van der Waals surface area contributed by atoms with Crippen LogP contribution in [0.5, 0.6) is 0 Å². The average Bonchev–Trinajstić information content (AvgIpc) is 3.05. The molecule has 9 heteroatoms. The summed E-state index contributed by atoms with van der Waals surface area (Å²) in [6.45, 7) is 1.18. The van der Waals surface area contributed by atoms with Crippen molar-refractivity contribution in [1.29, 1.82) is 0 Å². The summed E-state index contributed by atoms with van der Waals surface area (Å²) in [7, 11) is -3.61. The molecule has 4 N–H and O–H groups in total. The van der Waals surface area contributed by atoms with Gasteiger partial charge in [0.05, 0.1) is 12.6 Å². The second-order valence-corrected chi connectivity index (χ2v) is 7.49. The fraction of sp³-hybridized carbons (Fsp3) is 0.545. The highest BCUT2D eigenvalue weighted by atomic mass is 32.2. The summed E-state index contributed by atoms with van der Waals surface area (Å²) >= 11 is 1.09. The van der Waals surface area contributed by atoms with E-state index in [4.69, 9.17) is 0 Å². The van der Waals surface area contributed by atoms with Crippen molar-refractivity contribution in [1.82, 2.24) is 15.4 Å². The molecule has 1 aromatic rings. The summed E-state index contributed by atoms with van der Waals surface area (Å²) in [5, 5.41) is 16.8. The number of hydrogen-bond acceptors (Lipinski definition) is 6. The van der Waals surface area contributed by atoms with Crippen LogP contribution < -0.4 is 15.4 Å². The van der Waals surface area contributed by atoms with Crippen LogP contribution >= 0.6 is 11.3 Å². The fourth-order valence-corrected chi connectivity index (χ4v) is 3.90. The van der Waals surface area contributed by atoms with Gasteiger partial charge in [-0.25, -0.2) is 13.1 Å². The van der Waals surface area contributed by atoms with Crippen molar-refractivity contribution in [3.63, 3.8) is 0 Å². The molecule has 2 unspecified atom stereocenters. The Morgan fingerprint density at radius 2 is 2.30 bits per heavy atom. The quantitative estimate of drug-likeness (QED) is 0.523. The third-order valence-corrected chi connectivity index (χ3v) is 5.85.